The number of nitrogens with zero attached hydrogens (tertiary/aromatic N) is 4. The Hall–Kier alpha value is -2.85. The average molecular weight is 353 g/mol. The maximum Gasteiger partial charge on any atom is 0.281 e. The Balaban J connectivity index is 1.87. The monoisotopic (exact) mass is 353 g/mol. The topological polar surface area (TPSA) is 83.3 Å². The molecule has 2 aromatic rings. The van der Waals surface area contributed by atoms with Gasteiger partial charge in [-0.25, -0.2) is 0 Å². The van der Waals surface area contributed by atoms with Gasteiger partial charge in [-0.15, -0.1) is 16.6 Å². The van der Waals surface area contributed by atoms with Crippen LogP contribution in [0.15, 0.2) is 23.0 Å². The summed E-state index contributed by atoms with van der Waals surface area (Å²) in [5.41, 5.74) is 0.623. The van der Waals surface area contributed by atoms with E-state index >= 15 is 0 Å². The summed E-state index contributed by atoms with van der Waals surface area (Å²) in [7, 11) is 1.65. The van der Waals surface area contributed by atoms with Gasteiger partial charge in [0.2, 0.25) is 5.95 Å². The van der Waals surface area contributed by atoms with Crippen LogP contribution in [0.25, 0.3) is 11.3 Å². The highest BCUT2D eigenvalue weighted by atomic mass is 16.3. The molecule has 0 saturated carbocycles. The first-order chi connectivity index (χ1) is 12.5. The van der Waals surface area contributed by atoms with E-state index in [0.717, 1.165) is 32.5 Å². The van der Waals surface area contributed by atoms with Crippen molar-refractivity contribution in [1.82, 2.24) is 19.7 Å². The van der Waals surface area contributed by atoms with Crippen LogP contribution < -0.4 is 10.9 Å². The van der Waals surface area contributed by atoms with E-state index in [4.69, 9.17) is 6.42 Å². The number of nitrogens with one attached hydrogen (secondary N) is 1. The van der Waals surface area contributed by atoms with Gasteiger partial charge in [-0.1, -0.05) is 12.8 Å². The van der Waals surface area contributed by atoms with Crippen LogP contribution in [-0.2, 0) is 7.05 Å². The molecule has 0 spiro atoms. The lowest BCUT2D eigenvalue weighted by molar-refractivity contribution is 0.226. The molecule has 0 radical (unpaired) electrons. The van der Waals surface area contributed by atoms with Gasteiger partial charge in [0, 0.05) is 30.8 Å². The predicted molar refractivity (Wildman–Crippen MR) is 101 cm³/mol. The fraction of sp³-hybridized carbons (Fsp3) is 0.421. The van der Waals surface area contributed by atoms with Crippen LogP contribution >= 0.6 is 0 Å². The Kier molecular flexibility index (Phi) is 5.24. The molecule has 1 saturated heterocycles. The number of likely N-dealkylation sites (tertiary alicyclic amines) is 1. The zero-order valence-electron chi connectivity index (χ0n) is 15.1. The molecule has 0 amide bonds. The molecule has 1 aliphatic heterocycles. The van der Waals surface area contributed by atoms with Gasteiger partial charge < -0.3 is 15.3 Å². The molecular weight excluding hydrogens is 330 g/mol. The van der Waals surface area contributed by atoms with Crippen LogP contribution in [0.2, 0.25) is 0 Å². The predicted octanol–water partition coefficient (Wildman–Crippen LogP) is 1.43. The molecule has 136 valence electrons. The standard InChI is InChI=1S/C19H23N5O2/c1-4-13-8-9-15(16(25)11-13)17-18(26)23(3)19(22-21-17)20-14-7-6-10-24(5-2)12-14/h1,8-9,11,14,25H,5-7,10,12H2,2-3H3,(H,20,22)/t14-/m1/s1. The fourth-order valence-electron chi connectivity index (χ4n) is 3.22. The van der Waals surface area contributed by atoms with Crippen molar-refractivity contribution < 1.29 is 5.11 Å². The highest BCUT2D eigenvalue weighted by molar-refractivity contribution is 5.67. The van der Waals surface area contributed by atoms with E-state index in [1.54, 1.807) is 19.2 Å². The molecule has 0 aliphatic carbocycles. The Labute approximate surface area is 152 Å². The number of likely N-dealkylation sites (N-methyl/N-ethyl adjacent to an activating group) is 1. The molecule has 1 aromatic carbocycles. The maximum atomic E-state index is 12.7. The molecule has 1 aliphatic rings. The van der Waals surface area contributed by atoms with E-state index in [1.807, 2.05) is 0 Å². The van der Waals surface area contributed by atoms with Crippen molar-refractivity contribution in [2.45, 2.75) is 25.8 Å². The SMILES string of the molecule is C#Cc1ccc(-c2nnc(N[C@@H]3CCCN(CC)C3)n(C)c2=O)c(O)c1. The van der Waals surface area contributed by atoms with Gasteiger partial charge >= 0.3 is 0 Å². The van der Waals surface area contributed by atoms with Crippen molar-refractivity contribution in [2.24, 2.45) is 7.05 Å². The van der Waals surface area contributed by atoms with Gasteiger partial charge in [0.1, 0.15) is 5.75 Å². The normalized spacial score (nSPS) is 17.7. The molecule has 0 unspecified atom stereocenters. The highest BCUT2D eigenvalue weighted by Crippen LogP contribution is 2.26. The van der Waals surface area contributed by atoms with Crippen molar-refractivity contribution in [3.63, 3.8) is 0 Å². The summed E-state index contributed by atoms with van der Waals surface area (Å²) in [6, 6.07) is 4.91. The molecule has 0 bridgehead atoms. The highest BCUT2D eigenvalue weighted by Gasteiger charge is 2.21. The van der Waals surface area contributed by atoms with E-state index < -0.39 is 0 Å². The number of hydrogen-bond donors (Lipinski definition) is 2. The van der Waals surface area contributed by atoms with Crippen molar-refractivity contribution in [1.29, 1.82) is 0 Å². The quantitative estimate of drug-likeness (QED) is 0.809. The van der Waals surface area contributed by atoms with Crippen molar-refractivity contribution in [2.75, 3.05) is 25.0 Å². The van der Waals surface area contributed by atoms with Gasteiger partial charge in [0.05, 0.1) is 0 Å². The van der Waals surface area contributed by atoms with Crippen LogP contribution in [0.1, 0.15) is 25.3 Å². The Morgan fingerprint density at radius 3 is 2.92 bits per heavy atom. The fourth-order valence-corrected chi connectivity index (χ4v) is 3.22. The summed E-state index contributed by atoms with van der Waals surface area (Å²) in [5.74, 6) is 2.79. The third kappa shape index (κ3) is 3.55. The third-order valence-corrected chi connectivity index (χ3v) is 4.78. The van der Waals surface area contributed by atoms with Gasteiger partial charge in [0.15, 0.2) is 5.69 Å². The van der Waals surface area contributed by atoms with Crippen LogP contribution in [-0.4, -0.2) is 50.4 Å². The molecule has 1 atom stereocenters. The Morgan fingerprint density at radius 2 is 2.23 bits per heavy atom. The van der Waals surface area contributed by atoms with Crippen LogP contribution in [0.4, 0.5) is 5.95 Å². The number of aromatic hydroxyl groups is 1. The van der Waals surface area contributed by atoms with Gasteiger partial charge in [-0.3, -0.25) is 9.36 Å². The number of rotatable bonds is 4. The second kappa shape index (κ2) is 7.58. The molecule has 1 fully saturated rings. The van der Waals surface area contributed by atoms with Crippen LogP contribution in [0.5, 0.6) is 5.75 Å². The van der Waals surface area contributed by atoms with Crippen LogP contribution in [0, 0.1) is 12.3 Å². The molecule has 3 rings (SSSR count). The van der Waals surface area contributed by atoms with E-state index in [1.165, 1.54) is 10.6 Å². The van der Waals surface area contributed by atoms with Gasteiger partial charge in [-0.2, -0.15) is 0 Å². The van der Waals surface area contributed by atoms with Crippen molar-refractivity contribution in [3.8, 4) is 29.4 Å². The maximum absolute atomic E-state index is 12.7. The minimum absolute atomic E-state index is 0.0848. The number of anilines is 1. The summed E-state index contributed by atoms with van der Waals surface area (Å²) in [4.78, 5) is 15.1. The van der Waals surface area contributed by atoms with E-state index in [2.05, 4.69) is 33.3 Å². The molecule has 7 nitrogen and oxygen atoms in total. The Morgan fingerprint density at radius 1 is 1.42 bits per heavy atom. The summed E-state index contributed by atoms with van der Waals surface area (Å²) >= 11 is 0. The van der Waals surface area contributed by atoms with Crippen LogP contribution in [0.3, 0.4) is 0 Å². The van der Waals surface area contributed by atoms with Gasteiger partial charge in [0.25, 0.3) is 5.56 Å². The zero-order valence-corrected chi connectivity index (χ0v) is 15.1. The molecular formula is C19H23N5O2. The molecule has 7 heteroatoms. The molecule has 1 aromatic heterocycles. The summed E-state index contributed by atoms with van der Waals surface area (Å²) < 4.78 is 1.43. The number of phenolic OH excluding ortho intramolecular Hbond substituents is 1. The second-order valence-electron chi connectivity index (χ2n) is 6.49. The molecule has 2 heterocycles. The summed E-state index contributed by atoms with van der Waals surface area (Å²) in [6.07, 6.45) is 7.47. The lowest BCUT2D eigenvalue weighted by atomic mass is 10.1. The number of terminal acetylenes is 1. The first-order valence-electron chi connectivity index (χ1n) is 8.76. The first kappa shape index (κ1) is 18.0. The first-order valence-corrected chi connectivity index (χ1v) is 8.76. The summed E-state index contributed by atoms with van der Waals surface area (Å²) in [5, 5.41) is 21.7. The smallest absolute Gasteiger partial charge is 0.281 e. The summed E-state index contributed by atoms with van der Waals surface area (Å²) in [6.45, 7) is 5.17. The van der Waals surface area contributed by atoms with E-state index in [9.17, 15) is 9.90 Å². The minimum Gasteiger partial charge on any atom is -0.507 e. The van der Waals surface area contributed by atoms with E-state index in [-0.39, 0.29) is 23.0 Å². The average Bonchev–Trinajstić information content (AvgIpc) is 2.66. The number of hydrogen-bond acceptors (Lipinski definition) is 6. The zero-order chi connectivity index (χ0) is 18.7. The Bertz CT molecular complexity index is 900. The lowest BCUT2D eigenvalue weighted by Gasteiger charge is -2.32. The molecule has 2 N–H and O–H groups in total. The number of aromatic nitrogens is 3. The number of phenols is 1. The largest absolute Gasteiger partial charge is 0.507 e. The van der Waals surface area contributed by atoms with E-state index in [0.29, 0.717) is 17.1 Å². The van der Waals surface area contributed by atoms with Crippen molar-refractivity contribution >= 4 is 5.95 Å². The number of benzene rings is 1. The second-order valence-corrected chi connectivity index (χ2v) is 6.49. The number of piperidine rings is 1. The minimum atomic E-state index is -0.325. The lowest BCUT2D eigenvalue weighted by Crippen LogP contribution is -2.43. The molecule has 26 heavy (non-hydrogen) atoms. The third-order valence-electron chi connectivity index (χ3n) is 4.78. The van der Waals surface area contributed by atoms with Gasteiger partial charge in [-0.05, 0) is 44.1 Å². The van der Waals surface area contributed by atoms with Crippen molar-refractivity contribution in [3.05, 3.63) is 34.1 Å².